The molecular formula is C18H21N3O4S. The second-order valence-electron chi connectivity index (χ2n) is 5.63. The summed E-state index contributed by atoms with van der Waals surface area (Å²) in [5.74, 6) is -1.21. The second-order valence-corrected chi connectivity index (χ2v) is 6.49. The molecule has 0 unspecified atom stereocenters. The van der Waals surface area contributed by atoms with Crippen LogP contribution in [0.4, 0.5) is 0 Å². The lowest BCUT2D eigenvalue weighted by molar-refractivity contribution is -0.122. The van der Waals surface area contributed by atoms with Crippen molar-refractivity contribution in [3.8, 4) is 10.6 Å². The summed E-state index contributed by atoms with van der Waals surface area (Å²) in [4.78, 5) is 38.2. The summed E-state index contributed by atoms with van der Waals surface area (Å²) in [6, 6.07) is 7.44. The van der Waals surface area contributed by atoms with E-state index >= 15 is 0 Å². The third-order valence-corrected chi connectivity index (χ3v) is 4.46. The highest BCUT2D eigenvalue weighted by molar-refractivity contribution is 7.13. The summed E-state index contributed by atoms with van der Waals surface area (Å²) in [5, 5.41) is 16.6. The maximum absolute atomic E-state index is 11.9. The predicted molar refractivity (Wildman–Crippen MR) is 98.9 cm³/mol. The van der Waals surface area contributed by atoms with E-state index in [2.05, 4.69) is 15.6 Å². The minimum atomic E-state index is -1.05. The Labute approximate surface area is 155 Å². The van der Waals surface area contributed by atoms with E-state index in [9.17, 15) is 14.4 Å². The number of thiazole rings is 1. The zero-order valence-corrected chi connectivity index (χ0v) is 15.3. The minimum absolute atomic E-state index is 0.0239. The third-order valence-electron chi connectivity index (χ3n) is 3.57. The molecule has 3 N–H and O–H groups in total. The Morgan fingerprint density at radius 1 is 1.15 bits per heavy atom. The molecule has 0 aliphatic carbocycles. The van der Waals surface area contributed by atoms with Crippen LogP contribution >= 0.6 is 11.3 Å². The van der Waals surface area contributed by atoms with Crippen LogP contribution in [0.2, 0.25) is 0 Å². The first-order chi connectivity index (χ1) is 12.5. The largest absolute Gasteiger partial charge is 0.476 e. The van der Waals surface area contributed by atoms with Crippen LogP contribution in [-0.2, 0) is 16.1 Å². The van der Waals surface area contributed by atoms with Crippen LogP contribution in [0.1, 0.15) is 42.2 Å². The van der Waals surface area contributed by atoms with Gasteiger partial charge in [-0.05, 0) is 25.0 Å². The Hall–Kier alpha value is -2.74. The zero-order valence-electron chi connectivity index (χ0n) is 14.4. The van der Waals surface area contributed by atoms with Crippen molar-refractivity contribution in [1.29, 1.82) is 0 Å². The number of aromatic nitrogens is 1. The molecule has 138 valence electrons. The highest BCUT2D eigenvalue weighted by atomic mass is 32.1. The van der Waals surface area contributed by atoms with Gasteiger partial charge in [-0.3, -0.25) is 9.59 Å². The molecule has 7 nitrogen and oxygen atoms in total. The molecule has 0 bridgehead atoms. The zero-order chi connectivity index (χ0) is 18.9. The van der Waals surface area contributed by atoms with Crippen LogP contribution in [0.3, 0.4) is 0 Å². The van der Waals surface area contributed by atoms with E-state index in [1.54, 1.807) is 0 Å². The number of rotatable bonds is 9. The summed E-state index contributed by atoms with van der Waals surface area (Å²) in [5.41, 5.74) is 1.73. The normalized spacial score (nSPS) is 10.3. The van der Waals surface area contributed by atoms with Crippen molar-refractivity contribution >= 4 is 29.1 Å². The highest BCUT2D eigenvalue weighted by Gasteiger charge is 2.11. The monoisotopic (exact) mass is 375 g/mol. The smallest absolute Gasteiger partial charge is 0.355 e. The van der Waals surface area contributed by atoms with E-state index in [-0.39, 0.29) is 17.5 Å². The molecule has 0 atom stereocenters. The minimum Gasteiger partial charge on any atom is -0.476 e. The number of amides is 2. The van der Waals surface area contributed by atoms with Gasteiger partial charge in [0.1, 0.15) is 5.01 Å². The van der Waals surface area contributed by atoms with Crippen molar-refractivity contribution in [1.82, 2.24) is 15.6 Å². The van der Waals surface area contributed by atoms with Gasteiger partial charge in [-0.2, -0.15) is 0 Å². The van der Waals surface area contributed by atoms with E-state index in [0.717, 1.165) is 11.1 Å². The first-order valence-electron chi connectivity index (χ1n) is 8.31. The SMILES string of the molecule is CCNC(=O)CCCC(=O)NCc1cccc(-c2nc(C(=O)O)cs2)c1. The fourth-order valence-corrected chi connectivity index (χ4v) is 3.09. The van der Waals surface area contributed by atoms with Gasteiger partial charge in [0.15, 0.2) is 5.69 Å². The Kier molecular flexibility index (Phi) is 7.28. The maximum Gasteiger partial charge on any atom is 0.355 e. The number of carbonyl (C=O) groups excluding carboxylic acids is 2. The average molecular weight is 375 g/mol. The summed E-state index contributed by atoms with van der Waals surface area (Å²) in [6.07, 6.45) is 1.15. The van der Waals surface area contributed by atoms with Crippen molar-refractivity contribution in [3.05, 3.63) is 40.9 Å². The van der Waals surface area contributed by atoms with Gasteiger partial charge >= 0.3 is 5.97 Å². The molecule has 0 saturated heterocycles. The Bertz CT molecular complexity index is 788. The molecule has 0 saturated carbocycles. The lowest BCUT2D eigenvalue weighted by atomic mass is 10.1. The summed E-state index contributed by atoms with van der Waals surface area (Å²) < 4.78 is 0. The Morgan fingerprint density at radius 3 is 2.54 bits per heavy atom. The third kappa shape index (κ3) is 5.96. The maximum atomic E-state index is 11.9. The number of hydrogen-bond donors (Lipinski definition) is 3. The molecule has 0 radical (unpaired) electrons. The molecular weight excluding hydrogens is 354 g/mol. The number of nitrogens with zero attached hydrogens (tertiary/aromatic N) is 1. The van der Waals surface area contributed by atoms with Gasteiger partial charge in [0, 0.05) is 36.9 Å². The van der Waals surface area contributed by atoms with Gasteiger partial charge in [-0.25, -0.2) is 9.78 Å². The fraction of sp³-hybridized carbons (Fsp3) is 0.333. The van der Waals surface area contributed by atoms with Crippen LogP contribution in [0.5, 0.6) is 0 Å². The number of nitrogens with one attached hydrogen (secondary N) is 2. The van der Waals surface area contributed by atoms with E-state index < -0.39 is 5.97 Å². The van der Waals surface area contributed by atoms with Crippen LogP contribution < -0.4 is 10.6 Å². The van der Waals surface area contributed by atoms with Crippen LogP contribution in [0, 0.1) is 0 Å². The molecule has 0 aliphatic heterocycles. The summed E-state index contributed by atoms with van der Waals surface area (Å²) >= 11 is 1.26. The lowest BCUT2D eigenvalue weighted by Crippen LogP contribution is -2.25. The first-order valence-corrected chi connectivity index (χ1v) is 9.19. The number of aromatic carboxylic acids is 1. The number of carboxylic acid groups (broad SMARTS) is 1. The first kappa shape index (κ1) is 19.6. The quantitative estimate of drug-likeness (QED) is 0.624. The summed E-state index contributed by atoms with van der Waals surface area (Å²) in [7, 11) is 0. The molecule has 1 aromatic heterocycles. The number of hydrogen-bond acceptors (Lipinski definition) is 5. The molecule has 0 fully saturated rings. The molecule has 26 heavy (non-hydrogen) atoms. The molecule has 0 aliphatic rings. The van der Waals surface area contributed by atoms with Crippen LogP contribution in [-0.4, -0.2) is 34.4 Å². The van der Waals surface area contributed by atoms with Crippen molar-refractivity contribution in [2.45, 2.75) is 32.7 Å². The number of benzene rings is 1. The highest BCUT2D eigenvalue weighted by Crippen LogP contribution is 2.24. The molecule has 2 amide bonds. The van der Waals surface area contributed by atoms with Gasteiger partial charge in [0.25, 0.3) is 0 Å². The van der Waals surface area contributed by atoms with Gasteiger partial charge in [0.2, 0.25) is 11.8 Å². The number of carboxylic acids is 1. The van der Waals surface area contributed by atoms with Crippen molar-refractivity contribution < 1.29 is 19.5 Å². The van der Waals surface area contributed by atoms with Gasteiger partial charge in [-0.1, -0.05) is 18.2 Å². The van der Waals surface area contributed by atoms with Crippen LogP contribution in [0.15, 0.2) is 29.6 Å². The van der Waals surface area contributed by atoms with Gasteiger partial charge < -0.3 is 15.7 Å². The molecule has 2 rings (SSSR count). The Balaban J connectivity index is 1.85. The molecule has 2 aromatic rings. The van der Waals surface area contributed by atoms with Crippen molar-refractivity contribution in [3.63, 3.8) is 0 Å². The molecule has 0 spiro atoms. The fourth-order valence-electron chi connectivity index (χ4n) is 2.30. The van der Waals surface area contributed by atoms with Gasteiger partial charge in [0.05, 0.1) is 0 Å². The molecule has 1 heterocycles. The lowest BCUT2D eigenvalue weighted by Gasteiger charge is -2.07. The predicted octanol–water partition coefficient (Wildman–Crippen LogP) is 2.43. The van der Waals surface area contributed by atoms with E-state index in [0.29, 0.717) is 37.4 Å². The molecule has 1 aromatic carbocycles. The average Bonchev–Trinajstić information content (AvgIpc) is 3.11. The Morgan fingerprint density at radius 2 is 1.88 bits per heavy atom. The van der Waals surface area contributed by atoms with Crippen molar-refractivity contribution in [2.24, 2.45) is 0 Å². The topological polar surface area (TPSA) is 108 Å². The molecule has 8 heteroatoms. The second kappa shape index (κ2) is 9.67. The van der Waals surface area contributed by atoms with Crippen molar-refractivity contribution in [2.75, 3.05) is 6.54 Å². The van der Waals surface area contributed by atoms with E-state index in [1.807, 2.05) is 31.2 Å². The summed E-state index contributed by atoms with van der Waals surface area (Å²) in [6.45, 7) is 2.81. The van der Waals surface area contributed by atoms with Gasteiger partial charge in [-0.15, -0.1) is 11.3 Å². The van der Waals surface area contributed by atoms with E-state index in [1.165, 1.54) is 16.7 Å². The number of carbonyl (C=O) groups is 3. The van der Waals surface area contributed by atoms with Crippen LogP contribution in [0.25, 0.3) is 10.6 Å². The van der Waals surface area contributed by atoms with E-state index in [4.69, 9.17) is 5.11 Å². The standard InChI is InChI=1S/C18H21N3O4S/c1-2-19-15(22)7-4-8-16(23)20-10-12-5-3-6-13(9-12)17-21-14(11-26-17)18(24)25/h3,5-6,9,11H,2,4,7-8,10H2,1H3,(H,19,22)(H,20,23)(H,24,25).